The molecule has 0 aliphatic heterocycles. The Balaban J connectivity index is 2.30. The first-order chi connectivity index (χ1) is 13.0. The second-order valence-electron chi connectivity index (χ2n) is 6.50. The third-order valence-corrected chi connectivity index (χ3v) is 4.50. The normalized spacial score (nSPS) is 10.8. The number of ether oxygens (including phenoxy) is 1. The maximum atomic E-state index is 13.3. The molecule has 0 saturated carbocycles. The molecule has 0 aliphatic rings. The molecule has 1 N–H and O–H groups in total. The number of carbonyl (C=O) groups is 1. The van der Waals surface area contributed by atoms with Crippen LogP contribution in [-0.2, 0) is 11.2 Å². The Morgan fingerprint density at radius 1 is 1.22 bits per heavy atom. The van der Waals surface area contributed by atoms with Crippen molar-refractivity contribution in [2.24, 2.45) is 0 Å². The van der Waals surface area contributed by atoms with E-state index in [0.29, 0.717) is 39.3 Å². The van der Waals surface area contributed by atoms with E-state index in [4.69, 9.17) is 9.15 Å². The molecule has 27 heavy (non-hydrogen) atoms. The lowest BCUT2D eigenvalue weighted by atomic mass is 9.99. The van der Waals surface area contributed by atoms with Crippen LogP contribution in [0.1, 0.15) is 31.6 Å². The third-order valence-electron chi connectivity index (χ3n) is 4.50. The average molecular weight is 365 g/mol. The second-order valence-corrected chi connectivity index (χ2v) is 6.50. The van der Waals surface area contributed by atoms with Gasteiger partial charge in [0.1, 0.15) is 17.1 Å². The van der Waals surface area contributed by atoms with E-state index in [1.54, 1.807) is 20.1 Å². The molecule has 0 saturated heterocycles. The van der Waals surface area contributed by atoms with Crippen LogP contribution in [0.5, 0.6) is 5.75 Å². The predicted octanol–water partition coefficient (Wildman–Crippen LogP) is 4.69. The van der Waals surface area contributed by atoms with Crippen LogP contribution in [0.15, 0.2) is 45.6 Å². The molecule has 3 aromatic rings. The molecule has 0 unspecified atom stereocenters. The molecule has 0 aliphatic carbocycles. The summed E-state index contributed by atoms with van der Waals surface area (Å²) in [6, 6.07) is 11.0. The zero-order valence-electron chi connectivity index (χ0n) is 16.0. The number of anilines is 1. The zero-order chi connectivity index (χ0) is 19.6. The maximum absolute atomic E-state index is 13.3. The van der Waals surface area contributed by atoms with Crippen molar-refractivity contribution in [2.45, 2.75) is 33.6 Å². The summed E-state index contributed by atoms with van der Waals surface area (Å²) < 4.78 is 11.4. The third kappa shape index (κ3) is 3.58. The van der Waals surface area contributed by atoms with Crippen LogP contribution in [0.25, 0.3) is 22.1 Å². The highest BCUT2D eigenvalue weighted by Crippen LogP contribution is 2.33. The number of carbonyl (C=O) groups excluding carboxylic acids is 1. The highest BCUT2D eigenvalue weighted by Gasteiger charge is 2.18. The maximum Gasteiger partial charge on any atom is 0.221 e. The van der Waals surface area contributed by atoms with Crippen LogP contribution >= 0.6 is 0 Å². The van der Waals surface area contributed by atoms with Crippen LogP contribution in [0.3, 0.4) is 0 Å². The summed E-state index contributed by atoms with van der Waals surface area (Å²) >= 11 is 0. The topological polar surface area (TPSA) is 68.5 Å². The van der Waals surface area contributed by atoms with E-state index >= 15 is 0 Å². The smallest absolute Gasteiger partial charge is 0.221 e. The lowest BCUT2D eigenvalue weighted by Crippen LogP contribution is -2.12. The van der Waals surface area contributed by atoms with Crippen molar-refractivity contribution in [3.05, 3.63) is 57.9 Å². The van der Waals surface area contributed by atoms with E-state index in [2.05, 4.69) is 12.2 Å². The van der Waals surface area contributed by atoms with E-state index in [1.165, 1.54) is 6.92 Å². The second kappa shape index (κ2) is 7.66. The average Bonchev–Trinajstić information content (AvgIpc) is 2.63. The minimum Gasteiger partial charge on any atom is -0.496 e. The van der Waals surface area contributed by atoms with Crippen molar-refractivity contribution in [1.82, 2.24) is 0 Å². The van der Waals surface area contributed by atoms with Gasteiger partial charge in [-0.25, -0.2) is 0 Å². The summed E-state index contributed by atoms with van der Waals surface area (Å²) in [6.45, 7) is 5.28. The van der Waals surface area contributed by atoms with E-state index in [-0.39, 0.29) is 11.3 Å². The molecule has 2 aromatic carbocycles. The molecule has 0 bridgehead atoms. The molecule has 3 rings (SSSR count). The number of hydrogen-bond donors (Lipinski definition) is 1. The van der Waals surface area contributed by atoms with Gasteiger partial charge in [0.05, 0.1) is 18.1 Å². The molecule has 0 radical (unpaired) electrons. The van der Waals surface area contributed by atoms with Gasteiger partial charge in [-0.3, -0.25) is 9.59 Å². The molecule has 5 heteroatoms. The van der Waals surface area contributed by atoms with Crippen molar-refractivity contribution in [3.8, 4) is 16.9 Å². The van der Waals surface area contributed by atoms with Gasteiger partial charge in [-0.2, -0.15) is 0 Å². The van der Waals surface area contributed by atoms with Crippen molar-refractivity contribution >= 4 is 22.6 Å². The van der Waals surface area contributed by atoms with Crippen molar-refractivity contribution in [3.63, 3.8) is 0 Å². The highest BCUT2D eigenvalue weighted by molar-refractivity contribution is 5.94. The Bertz CT molecular complexity index is 1070. The quantitative estimate of drug-likeness (QED) is 0.712. The number of rotatable bonds is 5. The monoisotopic (exact) mass is 365 g/mol. The van der Waals surface area contributed by atoms with Gasteiger partial charge in [0, 0.05) is 24.2 Å². The standard InChI is InChI=1S/C22H23NO4/c1-5-8-15-11-17-20(12-18(15)23-14(3)24)27-13(2)21(22(17)25)16-9-6-7-10-19(16)26-4/h6-7,9-12H,5,8H2,1-4H3,(H,23,24). The zero-order valence-corrected chi connectivity index (χ0v) is 16.0. The summed E-state index contributed by atoms with van der Waals surface area (Å²) in [7, 11) is 1.58. The number of para-hydroxylation sites is 1. The Kier molecular flexibility index (Phi) is 5.31. The first-order valence-corrected chi connectivity index (χ1v) is 8.97. The van der Waals surface area contributed by atoms with Gasteiger partial charge in [-0.1, -0.05) is 31.5 Å². The van der Waals surface area contributed by atoms with E-state index in [1.807, 2.05) is 30.3 Å². The molecule has 5 nitrogen and oxygen atoms in total. The summed E-state index contributed by atoms with van der Waals surface area (Å²) in [5, 5.41) is 3.33. The minimum absolute atomic E-state index is 0.107. The summed E-state index contributed by atoms with van der Waals surface area (Å²) in [4.78, 5) is 24.8. The van der Waals surface area contributed by atoms with Gasteiger partial charge in [0.25, 0.3) is 0 Å². The van der Waals surface area contributed by atoms with Crippen LogP contribution < -0.4 is 15.5 Å². The molecule has 0 atom stereocenters. The summed E-state index contributed by atoms with van der Waals surface area (Å²) in [5.74, 6) is 0.973. The molecule has 1 heterocycles. The van der Waals surface area contributed by atoms with Gasteiger partial charge < -0.3 is 14.5 Å². The number of aryl methyl sites for hydroxylation is 2. The first-order valence-electron chi connectivity index (χ1n) is 8.97. The fraction of sp³-hybridized carbons (Fsp3) is 0.273. The van der Waals surface area contributed by atoms with Crippen LogP contribution in [0.4, 0.5) is 5.69 Å². The lowest BCUT2D eigenvalue weighted by molar-refractivity contribution is -0.114. The van der Waals surface area contributed by atoms with Crippen LogP contribution in [-0.4, -0.2) is 13.0 Å². The molecule has 0 fully saturated rings. The van der Waals surface area contributed by atoms with Crippen LogP contribution in [0, 0.1) is 6.92 Å². The van der Waals surface area contributed by atoms with Gasteiger partial charge in [0.15, 0.2) is 0 Å². The van der Waals surface area contributed by atoms with Crippen molar-refractivity contribution in [1.29, 1.82) is 0 Å². The lowest BCUT2D eigenvalue weighted by Gasteiger charge is -2.14. The molecular weight excluding hydrogens is 342 g/mol. The van der Waals surface area contributed by atoms with E-state index < -0.39 is 0 Å². The van der Waals surface area contributed by atoms with Gasteiger partial charge in [0.2, 0.25) is 11.3 Å². The van der Waals surface area contributed by atoms with Crippen molar-refractivity contribution < 1.29 is 13.9 Å². The Morgan fingerprint density at radius 2 is 1.96 bits per heavy atom. The fourth-order valence-corrected chi connectivity index (χ4v) is 3.34. The number of nitrogens with one attached hydrogen (secondary N) is 1. The number of benzene rings is 2. The number of amides is 1. The van der Waals surface area contributed by atoms with Crippen molar-refractivity contribution in [2.75, 3.05) is 12.4 Å². The SMILES string of the molecule is CCCc1cc2c(=O)c(-c3ccccc3OC)c(C)oc2cc1NC(C)=O. The highest BCUT2D eigenvalue weighted by atomic mass is 16.5. The first kappa shape index (κ1) is 18.7. The summed E-state index contributed by atoms with van der Waals surface area (Å²) in [6.07, 6.45) is 1.65. The van der Waals surface area contributed by atoms with E-state index in [9.17, 15) is 9.59 Å². The van der Waals surface area contributed by atoms with Gasteiger partial charge in [-0.15, -0.1) is 0 Å². The molecular formula is C22H23NO4. The molecule has 1 aromatic heterocycles. The Hall–Kier alpha value is -3.08. The number of fused-ring (bicyclic) bond motifs is 1. The Morgan fingerprint density at radius 3 is 2.63 bits per heavy atom. The predicted molar refractivity (Wildman–Crippen MR) is 108 cm³/mol. The fourth-order valence-electron chi connectivity index (χ4n) is 3.34. The Labute approximate surface area is 158 Å². The largest absolute Gasteiger partial charge is 0.496 e. The number of methoxy groups -OCH3 is 1. The minimum atomic E-state index is -0.156. The van der Waals surface area contributed by atoms with Gasteiger partial charge in [-0.05, 0) is 31.0 Å². The molecule has 0 spiro atoms. The summed E-state index contributed by atoms with van der Waals surface area (Å²) in [5.41, 5.74) is 3.15. The molecule has 1 amide bonds. The molecule has 140 valence electrons. The number of hydrogen-bond acceptors (Lipinski definition) is 4. The van der Waals surface area contributed by atoms with E-state index in [0.717, 1.165) is 18.4 Å². The van der Waals surface area contributed by atoms with Gasteiger partial charge >= 0.3 is 0 Å². The van der Waals surface area contributed by atoms with Crippen LogP contribution in [0.2, 0.25) is 0 Å².